The summed E-state index contributed by atoms with van der Waals surface area (Å²) in [7, 11) is 1.45. The highest BCUT2D eigenvalue weighted by molar-refractivity contribution is 5.98. The number of Topliss-reactive ketones (excluding diaryl/α,β-unsaturated/α-hetero) is 1. The van der Waals surface area contributed by atoms with Crippen LogP contribution in [0.25, 0.3) is 0 Å². The van der Waals surface area contributed by atoms with Crippen molar-refractivity contribution in [1.82, 2.24) is 10.6 Å². The zero-order valence-electron chi connectivity index (χ0n) is 17.1. The van der Waals surface area contributed by atoms with Gasteiger partial charge in [0.15, 0.2) is 5.78 Å². The fraction of sp³-hybridized carbons (Fsp3) is 0.273. The molecule has 0 aliphatic carbocycles. The first kappa shape index (κ1) is 22.6. The molecule has 0 bridgehead atoms. The largest absolute Gasteiger partial charge is 0.496 e. The van der Waals surface area contributed by atoms with E-state index in [1.54, 1.807) is 55.5 Å². The molecule has 0 saturated heterocycles. The zero-order valence-corrected chi connectivity index (χ0v) is 17.1. The lowest BCUT2D eigenvalue weighted by molar-refractivity contribution is -0.155. The number of methoxy groups -OCH3 is 1. The van der Waals surface area contributed by atoms with Gasteiger partial charge in [-0.05, 0) is 32.0 Å². The van der Waals surface area contributed by atoms with Crippen molar-refractivity contribution in [3.8, 4) is 5.75 Å². The minimum atomic E-state index is -1.32. The summed E-state index contributed by atoms with van der Waals surface area (Å²) in [6, 6.07) is 12.4. The van der Waals surface area contributed by atoms with Crippen LogP contribution >= 0.6 is 0 Å². The number of ketones is 1. The summed E-state index contributed by atoms with van der Waals surface area (Å²) in [5.41, 5.74) is 1.29. The first-order valence-corrected chi connectivity index (χ1v) is 9.36. The lowest BCUT2D eigenvalue weighted by Crippen LogP contribution is -2.42. The van der Waals surface area contributed by atoms with Gasteiger partial charge in [0.2, 0.25) is 6.10 Å². The smallest absolute Gasteiger partial charge is 0.321 e. The topological polar surface area (TPSA) is 111 Å². The van der Waals surface area contributed by atoms with Gasteiger partial charge in [-0.1, -0.05) is 30.3 Å². The molecule has 0 saturated carbocycles. The lowest BCUT2D eigenvalue weighted by atomic mass is 10.0. The normalized spacial score (nSPS) is 11.2. The van der Waals surface area contributed by atoms with Crippen molar-refractivity contribution in [1.29, 1.82) is 0 Å². The fourth-order valence-corrected chi connectivity index (χ4v) is 2.75. The van der Waals surface area contributed by atoms with Crippen molar-refractivity contribution >= 4 is 23.7 Å². The molecule has 8 heteroatoms. The SMILES string of the molecule is CCNC(=O)NC(=O)[C@H](OC(=O)Cc1cc(C(C)=O)ccc1OC)c1ccccc1. The minimum absolute atomic E-state index is 0.157. The van der Waals surface area contributed by atoms with E-state index in [2.05, 4.69) is 10.6 Å². The van der Waals surface area contributed by atoms with Gasteiger partial charge in [0.1, 0.15) is 5.75 Å². The van der Waals surface area contributed by atoms with Crippen LogP contribution in [0, 0.1) is 0 Å². The van der Waals surface area contributed by atoms with E-state index < -0.39 is 24.0 Å². The molecule has 0 radical (unpaired) electrons. The van der Waals surface area contributed by atoms with Gasteiger partial charge < -0.3 is 14.8 Å². The molecule has 158 valence electrons. The first-order valence-electron chi connectivity index (χ1n) is 9.36. The zero-order chi connectivity index (χ0) is 22.1. The van der Waals surface area contributed by atoms with Crippen LogP contribution in [0.3, 0.4) is 0 Å². The molecule has 0 unspecified atom stereocenters. The fourth-order valence-electron chi connectivity index (χ4n) is 2.75. The van der Waals surface area contributed by atoms with Crippen LogP contribution in [0.15, 0.2) is 48.5 Å². The van der Waals surface area contributed by atoms with Gasteiger partial charge >= 0.3 is 12.0 Å². The molecule has 2 rings (SSSR count). The Labute approximate surface area is 174 Å². The number of rotatable bonds is 8. The number of urea groups is 1. The molecule has 8 nitrogen and oxygen atoms in total. The van der Waals surface area contributed by atoms with Crippen LogP contribution in [-0.4, -0.2) is 37.3 Å². The van der Waals surface area contributed by atoms with E-state index in [0.717, 1.165) is 0 Å². The Hall–Kier alpha value is -3.68. The molecule has 0 aliphatic heterocycles. The Bertz CT molecular complexity index is 926. The number of imide groups is 1. The molecule has 0 heterocycles. The highest BCUT2D eigenvalue weighted by Gasteiger charge is 2.27. The van der Waals surface area contributed by atoms with E-state index in [9.17, 15) is 19.2 Å². The molecule has 0 aliphatic rings. The Morgan fingerprint density at radius 1 is 1.03 bits per heavy atom. The molecule has 30 heavy (non-hydrogen) atoms. The van der Waals surface area contributed by atoms with Crippen LogP contribution in [-0.2, 0) is 20.7 Å². The van der Waals surface area contributed by atoms with Gasteiger partial charge in [0.05, 0.1) is 13.5 Å². The van der Waals surface area contributed by atoms with Crippen LogP contribution < -0.4 is 15.4 Å². The lowest BCUT2D eigenvalue weighted by Gasteiger charge is -2.18. The van der Waals surface area contributed by atoms with Crippen molar-refractivity contribution in [3.63, 3.8) is 0 Å². The third-order valence-electron chi connectivity index (χ3n) is 4.19. The Morgan fingerprint density at radius 3 is 2.33 bits per heavy atom. The molecule has 2 aromatic carbocycles. The van der Waals surface area contributed by atoms with E-state index in [0.29, 0.717) is 29.0 Å². The second-order valence-corrected chi connectivity index (χ2v) is 6.39. The van der Waals surface area contributed by atoms with E-state index >= 15 is 0 Å². The number of ether oxygens (including phenoxy) is 2. The van der Waals surface area contributed by atoms with Gasteiger partial charge in [-0.15, -0.1) is 0 Å². The third kappa shape index (κ3) is 6.16. The summed E-state index contributed by atoms with van der Waals surface area (Å²) in [4.78, 5) is 48.5. The maximum atomic E-state index is 12.6. The maximum absolute atomic E-state index is 12.6. The van der Waals surface area contributed by atoms with Gasteiger partial charge in [0.25, 0.3) is 5.91 Å². The van der Waals surface area contributed by atoms with Crippen molar-refractivity contribution < 1.29 is 28.7 Å². The predicted molar refractivity (Wildman–Crippen MR) is 109 cm³/mol. The second kappa shape index (κ2) is 10.8. The quantitative estimate of drug-likeness (QED) is 0.509. The van der Waals surface area contributed by atoms with E-state index in [-0.39, 0.29) is 12.2 Å². The number of nitrogens with one attached hydrogen (secondary N) is 2. The van der Waals surface area contributed by atoms with Crippen LogP contribution in [0.5, 0.6) is 5.75 Å². The molecule has 2 N–H and O–H groups in total. The molecule has 0 aromatic heterocycles. The summed E-state index contributed by atoms with van der Waals surface area (Å²) < 4.78 is 10.7. The molecule has 3 amide bonds. The first-order chi connectivity index (χ1) is 14.3. The average molecular weight is 412 g/mol. The summed E-state index contributed by atoms with van der Waals surface area (Å²) in [6.07, 6.45) is -1.54. The molecule has 0 fully saturated rings. The standard InChI is InChI=1S/C22H24N2O6/c1-4-23-22(28)24-21(27)20(15-8-6-5-7-9-15)30-19(26)13-17-12-16(14(2)25)10-11-18(17)29-3/h5-12,20H,4,13H2,1-3H3,(H2,23,24,27,28)/t20-/m1/s1. The van der Waals surface area contributed by atoms with Crippen molar-refractivity contribution in [2.45, 2.75) is 26.4 Å². The molecule has 2 aromatic rings. The predicted octanol–water partition coefficient (Wildman–Crippen LogP) is 2.57. The maximum Gasteiger partial charge on any atom is 0.321 e. The van der Waals surface area contributed by atoms with Gasteiger partial charge in [-0.2, -0.15) is 0 Å². The Kier molecular flexibility index (Phi) is 8.10. The number of amides is 3. The van der Waals surface area contributed by atoms with Gasteiger partial charge in [-0.3, -0.25) is 19.7 Å². The molecular weight excluding hydrogens is 388 g/mol. The Morgan fingerprint density at radius 2 is 1.73 bits per heavy atom. The van der Waals surface area contributed by atoms with Crippen molar-refractivity contribution in [3.05, 3.63) is 65.2 Å². The number of carbonyl (C=O) groups excluding carboxylic acids is 4. The summed E-state index contributed by atoms with van der Waals surface area (Å²) in [6.45, 7) is 3.46. The summed E-state index contributed by atoms with van der Waals surface area (Å²) in [5.74, 6) is -1.23. The molecule has 0 spiro atoms. The average Bonchev–Trinajstić information content (AvgIpc) is 2.72. The second-order valence-electron chi connectivity index (χ2n) is 6.39. The van der Waals surface area contributed by atoms with Crippen LogP contribution in [0.1, 0.15) is 41.4 Å². The third-order valence-corrected chi connectivity index (χ3v) is 4.19. The van der Waals surface area contributed by atoms with Crippen molar-refractivity contribution in [2.24, 2.45) is 0 Å². The highest BCUT2D eigenvalue weighted by atomic mass is 16.5. The van der Waals surface area contributed by atoms with E-state index in [1.165, 1.54) is 14.0 Å². The van der Waals surface area contributed by atoms with Gasteiger partial charge in [0, 0.05) is 23.2 Å². The van der Waals surface area contributed by atoms with Gasteiger partial charge in [-0.25, -0.2) is 4.79 Å². The number of carbonyl (C=O) groups is 4. The number of esters is 1. The van der Waals surface area contributed by atoms with Crippen LogP contribution in [0.2, 0.25) is 0 Å². The van der Waals surface area contributed by atoms with E-state index in [1.807, 2.05) is 0 Å². The van der Waals surface area contributed by atoms with Crippen LogP contribution in [0.4, 0.5) is 4.79 Å². The Balaban J connectivity index is 2.22. The number of hydrogen-bond donors (Lipinski definition) is 2. The van der Waals surface area contributed by atoms with Crippen molar-refractivity contribution in [2.75, 3.05) is 13.7 Å². The monoisotopic (exact) mass is 412 g/mol. The minimum Gasteiger partial charge on any atom is -0.496 e. The van der Waals surface area contributed by atoms with E-state index in [4.69, 9.17) is 9.47 Å². The summed E-state index contributed by atoms with van der Waals surface area (Å²) >= 11 is 0. The summed E-state index contributed by atoms with van der Waals surface area (Å²) in [5, 5.41) is 4.61. The number of benzene rings is 2. The molecular formula is C22H24N2O6. The highest BCUT2D eigenvalue weighted by Crippen LogP contribution is 2.23. The molecule has 1 atom stereocenters. The number of hydrogen-bond acceptors (Lipinski definition) is 6.